The molecule has 0 aromatic carbocycles. The van der Waals surface area contributed by atoms with Crippen LogP contribution in [-0.4, -0.2) is 180 Å². The van der Waals surface area contributed by atoms with Crippen molar-refractivity contribution in [3.63, 3.8) is 0 Å². The van der Waals surface area contributed by atoms with Crippen molar-refractivity contribution in [1.29, 1.82) is 0 Å². The first-order valence-electron chi connectivity index (χ1n) is 39.7. The molecule has 0 spiro atoms. The van der Waals surface area contributed by atoms with Crippen molar-refractivity contribution in [2.45, 2.75) is 280 Å². The maximum atomic E-state index is 13.1. The molecule has 0 aromatic heterocycles. The standard InChI is InChI=1S/C79H141N3O16/c1-60(2)16-10-20-64-24-32-68(33-25-64)76(87)95-56-52-91-72(83)40-48-81(49-41-73(84)92-53-57-96-77(88)69-34-26-65(27-35-69)21-11-17-61(3)4)46-14-44-80(9)45-15-47-82(50-42-74(85)93-54-58-97-78(89)70-36-28-66(29-37-70)22-12-18-62(5)6)51-43-75(86)94-55-59-98-79(90)71-38-30-67(31-39-71)23-13-19-63(7)8/h60-72,83H,10-59H2,1-9H3. The number of rotatable bonds is 53. The smallest absolute Gasteiger partial charge is 0.309 e. The zero-order chi connectivity index (χ0) is 71.3. The van der Waals surface area contributed by atoms with Crippen molar-refractivity contribution in [2.24, 2.45) is 71.0 Å². The fourth-order valence-corrected chi connectivity index (χ4v) is 14.9. The molecule has 0 amide bonds. The summed E-state index contributed by atoms with van der Waals surface area (Å²) in [5.41, 5.74) is 0. The number of hydrogen-bond donors (Lipinski definition) is 1. The quantitative estimate of drug-likeness (QED) is 0.0259. The second-order valence-corrected chi connectivity index (χ2v) is 31.6. The first-order chi connectivity index (χ1) is 47.1. The molecule has 1 N–H and O–H groups in total. The molecule has 4 aliphatic carbocycles. The molecule has 19 heteroatoms. The molecule has 4 fully saturated rings. The van der Waals surface area contributed by atoms with Gasteiger partial charge in [0.2, 0.25) is 0 Å². The van der Waals surface area contributed by atoms with Gasteiger partial charge >= 0.3 is 41.8 Å². The van der Waals surface area contributed by atoms with Gasteiger partial charge in [0.1, 0.15) is 46.2 Å². The Morgan fingerprint density at radius 3 is 0.847 bits per heavy atom. The summed E-state index contributed by atoms with van der Waals surface area (Å²) < 4.78 is 44.6. The lowest BCUT2D eigenvalue weighted by molar-refractivity contribution is -0.157. The molecular formula is C79H141N3O16. The van der Waals surface area contributed by atoms with Gasteiger partial charge in [0.25, 0.3) is 0 Å². The summed E-state index contributed by atoms with van der Waals surface area (Å²) in [6, 6.07) is 0. The van der Waals surface area contributed by atoms with Crippen LogP contribution in [0.5, 0.6) is 0 Å². The van der Waals surface area contributed by atoms with Crippen LogP contribution in [0.2, 0.25) is 0 Å². The molecule has 4 aliphatic rings. The Bertz CT molecular complexity index is 2080. The van der Waals surface area contributed by atoms with E-state index in [2.05, 4.69) is 70.1 Å². The van der Waals surface area contributed by atoms with Gasteiger partial charge in [0.05, 0.1) is 49.5 Å². The highest BCUT2D eigenvalue weighted by atomic mass is 16.6. The predicted molar refractivity (Wildman–Crippen MR) is 383 cm³/mol. The zero-order valence-electron chi connectivity index (χ0n) is 63.3. The predicted octanol–water partition coefficient (Wildman–Crippen LogP) is 14.5. The van der Waals surface area contributed by atoms with E-state index in [4.69, 9.17) is 37.9 Å². The highest BCUT2D eigenvalue weighted by molar-refractivity contribution is 5.74. The molecule has 1 atom stereocenters. The number of hydrogen-bond acceptors (Lipinski definition) is 19. The summed E-state index contributed by atoms with van der Waals surface area (Å²) in [6.07, 6.45) is 30.8. The molecular weight excluding hydrogens is 1250 g/mol. The summed E-state index contributed by atoms with van der Waals surface area (Å²) in [5.74, 6) is 3.07. The molecule has 98 heavy (non-hydrogen) atoms. The Balaban J connectivity index is 1.23. The largest absolute Gasteiger partial charge is 0.463 e. The first kappa shape index (κ1) is 86.5. The number of aliphatic hydroxyl groups is 1. The van der Waals surface area contributed by atoms with Crippen molar-refractivity contribution in [3.8, 4) is 0 Å². The van der Waals surface area contributed by atoms with E-state index in [1.807, 2.05) is 7.05 Å². The van der Waals surface area contributed by atoms with Crippen molar-refractivity contribution < 1.29 is 76.6 Å². The van der Waals surface area contributed by atoms with Gasteiger partial charge in [-0.25, -0.2) is 0 Å². The van der Waals surface area contributed by atoms with E-state index in [0.29, 0.717) is 86.6 Å². The highest BCUT2D eigenvalue weighted by Gasteiger charge is 2.32. The van der Waals surface area contributed by atoms with Crippen LogP contribution < -0.4 is 0 Å². The number of ether oxygens (including phenoxy) is 8. The van der Waals surface area contributed by atoms with Crippen LogP contribution >= 0.6 is 0 Å². The van der Waals surface area contributed by atoms with Gasteiger partial charge in [-0.05, 0) is 196 Å². The summed E-state index contributed by atoms with van der Waals surface area (Å²) in [5, 5.41) is 10.9. The third-order valence-electron chi connectivity index (χ3n) is 21.3. The summed E-state index contributed by atoms with van der Waals surface area (Å²) in [6.45, 7) is 22.3. The van der Waals surface area contributed by atoms with Gasteiger partial charge in [-0.2, -0.15) is 0 Å². The lowest BCUT2D eigenvalue weighted by Crippen LogP contribution is -2.35. The van der Waals surface area contributed by atoms with E-state index in [1.165, 1.54) is 77.0 Å². The summed E-state index contributed by atoms with van der Waals surface area (Å²) in [4.78, 5) is 97.3. The van der Waals surface area contributed by atoms with E-state index in [-0.39, 0.29) is 126 Å². The normalized spacial score (nSPS) is 21.8. The van der Waals surface area contributed by atoms with E-state index in [1.54, 1.807) is 0 Å². The molecule has 0 saturated heterocycles. The van der Waals surface area contributed by atoms with Crippen molar-refractivity contribution in [1.82, 2.24) is 14.7 Å². The Morgan fingerprint density at radius 1 is 0.316 bits per heavy atom. The summed E-state index contributed by atoms with van der Waals surface area (Å²) in [7, 11) is 2.04. The minimum Gasteiger partial charge on any atom is -0.463 e. The molecule has 4 saturated carbocycles. The van der Waals surface area contributed by atoms with E-state index in [0.717, 1.165) is 129 Å². The monoisotopic (exact) mass is 1390 g/mol. The average Bonchev–Trinajstić information content (AvgIpc) is 0.948. The molecule has 1 unspecified atom stereocenters. The molecule has 4 rings (SSSR count). The van der Waals surface area contributed by atoms with Crippen LogP contribution in [0.4, 0.5) is 0 Å². The maximum Gasteiger partial charge on any atom is 0.309 e. The lowest BCUT2D eigenvalue weighted by Gasteiger charge is -2.27. The van der Waals surface area contributed by atoms with Gasteiger partial charge in [-0.3, -0.25) is 33.6 Å². The van der Waals surface area contributed by atoms with Crippen molar-refractivity contribution in [3.05, 3.63) is 0 Å². The lowest BCUT2D eigenvalue weighted by atomic mass is 9.79. The Hall–Kier alpha value is -3.91. The van der Waals surface area contributed by atoms with Crippen LogP contribution in [0.15, 0.2) is 0 Å². The van der Waals surface area contributed by atoms with Gasteiger partial charge in [-0.1, -0.05) is 132 Å². The highest BCUT2D eigenvalue weighted by Crippen LogP contribution is 2.37. The Morgan fingerprint density at radius 2 is 0.571 bits per heavy atom. The molecule has 0 aromatic rings. The van der Waals surface area contributed by atoms with Gasteiger partial charge in [0, 0.05) is 32.6 Å². The number of carbonyl (C=O) groups excluding carboxylic acids is 7. The van der Waals surface area contributed by atoms with Crippen LogP contribution in [0.25, 0.3) is 0 Å². The minimum absolute atomic E-state index is 0.00958. The zero-order valence-corrected chi connectivity index (χ0v) is 63.3. The summed E-state index contributed by atoms with van der Waals surface area (Å²) >= 11 is 0. The average molecular weight is 1390 g/mol. The third kappa shape index (κ3) is 41.3. The number of esters is 7. The van der Waals surface area contributed by atoms with E-state index >= 15 is 0 Å². The topological polar surface area (TPSA) is 223 Å². The Labute approximate surface area is 593 Å². The number of carbonyl (C=O) groups is 7. The minimum atomic E-state index is -1.10. The number of nitrogens with zero attached hydrogens (tertiary/aromatic N) is 3. The number of aliphatic hydroxyl groups excluding tert-OH is 1. The molecule has 568 valence electrons. The fraction of sp³-hybridized carbons (Fsp3) is 0.911. The van der Waals surface area contributed by atoms with Gasteiger partial charge < -0.3 is 57.7 Å². The third-order valence-corrected chi connectivity index (χ3v) is 21.3. The second kappa shape index (κ2) is 52.1. The van der Waals surface area contributed by atoms with Crippen LogP contribution in [-0.2, 0) is 71.5 Å². The maximum absolute atomic E-state index is 13.1. The molecule has 0 radical (unpaired) electrons. The molecule has 0 aliphatic heterocycles. The molecule has 19 nitrogen and oxygen atoms in total. The van der Waals surface area contributed by atoms with Gasteiger partial charge in [0.15, 0.2) is 6.29 Å². The Kier molecular flexibility index (Phi) is 46.0. The van der Waals surface area contributed by atoms with Crippen LogP contribution in [0, 0.1) is 71.0 Å². The van der Waals surface area contributed by atoms with E-state index in [9.17, 15) is 38.7 Å². The van der Waals surface area contributed by atoms with Crippen molar-refractivity contribution in [2.75, 3.05) is 112 Å². The first-order valence-corrected chi connectivity index (χ1v) is 39.7. The van der Waals surface area contributed by atoms with E-state index < -0.39 is 24.2 Å². The van der Waals surface area contributed by atoms with Crippen LogP contribution in [0.1, 0.15) is 274 Å². The second-order valence-electron chi connectivity index (χ2n) is 31.6. The SMILES string of the molecule is CC(C)CCCC1CCC(C(=O)OCCOC(=O)CCN(CCCN(C)CCCN(CCC(=O)OCCOC(=O)C2CCC(CCCC(C)C)CC2)CCC(O)OCCOC(=O)C2CCC(CCCC(C)C)CC2)CCC(=O)OCCOC(=O)C2CCC(CCCC(C)C)CC2)CC1. The fourth-order valence-electron chi connectivity index (χ4n) is 14.9. The molecule has 0 bridgehead atoms. The molecule has 0 heterocycles. The van der Waals surface area contributed by atoms with Crippen molar-refractivity contribution >= 4 is 41.8 Å². The van der Waals surface area contributed by atoms with Crippen LogP contribution in [0.3, 0.4) is 0 Å². The van der Waals surface area contributed by atoms with Gasteiger partial charge in [-0.15, -0.1) is 0 Å².